The van der Waals surface area contributed by atoms with Crippen molar-refractivity contribution in [2.24, 2.45) is 0 Å². The second-order valence-corrected chi connectivity index (χ2v) is 7.19. The first-order chi connectivity index (χ1) is 11.4. The minimum absolute atomic E-state index is 0.00414. The number of hydrogen-bond acceptors (Lipinski definition) is 2. The summed E-state index contributed by atoms with van der Waals surface area (Å²) in [7, 11) is 0. The Morgan fingerprint density at radius 3 is 2.29 bits per heavy atom. The van der Waals surface area contributed by atoms with Crippen LogP contribution in [0, 0.1) is 6.92 Å². The molecule has 0 aliphatic heterocycles. The fraction of sp³-hybridized carbons (Fsp3) is 0.350. The van der Waals surface area contributed by atoms with Crippen LogP contribution >= 0.6 is 15.9 Å². The van der Waals surface area contributed by atoms with Gasteiger partial charge >= 0.3 is 0 Å². The second kappa shape index (κ2) is 8.34. The van der Waals surface area contributed by atoms with Crippen LogP contribution in [0.5, 0.6) is 5.75 Å². The SMILES string of the molecule is Cc1ccc([C@@H](C)NC(=O)COc2ccc(C(C)C)cc2Br)cc1. The first-order valence-electron chi connectivity index (χ1n) is 8.15. The number of rotatable bonds is 6. The van der Waals surface area contributed by atoms with Gasteiger partial charge in [-0.3, -0.25) is 4.79 Å². The molecule has 2 rings (SSSR count). The van der Waals surface area contributed by atoms with Gasteiger partial charge in [0.25, 0.3) is 5.91 Å². The summed E-state index contributed by atoms with van der Waals surface area (Å²) in [6, 6.07) is 14.1. The molecule has 1 atom stereocenters. The topological polar surface area (TPSA) is 38.3 Å². The van der Waals surface area contributed by atoms with E-state index in [0.29, 0.717) is 11.7 Å². The standard InChI is InChI=1S/C20H24BrNO2/c1-13(2)17-9-10-19(18(21)11-17)24-12-20(23)22-15(4)16-7-5-14(3)6-8-16/h5-11,13,15H,12H2,1-4H3,(H,22,23)/t15-/m1/s1. The maximum Gasteiger partial charge on any atom is 0.258 e. The molecule has 4 heteroatoms. The Labute approximate surface area is 152 Å². The van der Waals surface area contributed by atoms with Crippen molar-refractivity contribution in [1.82, 2.24) is 5.32 Å². The maximum absolute atomic E-state index is 12.1. The number of nitrogens with one attached hydrogen (secondary N) is 1. The van der Waals surface area contributed by atoms with Crippen LogP contribution in [0.4, 0.5) is 0 Å². The van der Waals surface area contributed by atoms with E-state index in [1.54, 1.807) is 0 Å². The molecule has 0 saturated carbocycles. The molecule has 0 aliphatic carbocycles. The summed E-state index contributed by atoms with van der Waals surface area (Å²) >= 11 is 3.50. The summed E-state index contributed by atoms with van der Waals surface area (Å²) in [6.07, 6.45) is 0. The number of benzene rings is 2. The molecular formula is C20H24BrNO2. The van der Waals surface area contributed by atoms with Gasteiger partial charge in [-0.25, -0.2) is 0 Å². The predicted molar refractivity (Wildman–Crippen MR) is 101 cm³/mol. The van der Waals surface area contributed by atoms with E-state index in [1.165, 1.54) is 11.1 Å². The van der Waals surface area contributed by atoms with E-state index in [1.807, 2.05) is 56.3 Å². The van der Waals surface area contributed by atoms with Crippen molar-refractivity contribution < 1.29 is 9.53 Å². The first-order valence-corrected chi connectivity index (χ1v) is 8.94. The molecule has 0 saturated heterocycles. The molecule has 0 spiro atoms. The first kappa shape index (κ1) is 18.5. The number of aryl methyl sites for hydroxylation is 1. The lowest BCUT2D eigenvalue weighted by Gasteiger charge is -2.16. The van der Waals surface area contributed by atoms with E-state index >= 15 is 0 Å². The Bertz CT molecular complexity index is 695. The van der Waals surface area contributed by atoms with Gasteiger partial charge in [0.2, 0.25) is 0 Å². The molecule has 0 aliphatic rings. The van der Waals surface area contributed by atoms with E-state index in [0.717, 1.165) is 10.0 Å². The molecule has 1 amide bonds. The van der Waals surface area contributed by atoms with Crippen LogP contribution in [0.3, 0.4) is 0 Å². The Balaban J connectivity index is 1.90. The van der Waals surface area contributed by atoms with Crippen LogP contribution in [0.2, 0.25) is 0 Å². The number of amides is 1. The predicted octanol–water partition coefficient (Wildman–Crippen LogP) is 5.14. The lowest BCUT2D eigenvalue weighted by atomic mass is 10.0. The normalized spacial score (nSPS) is 12.1. The summed E-state index contributed by atoms with van der Waals surface area (Å²) in [5.41, 5.74) is 3.51. The summed E-state index contributed by atoms with van der Waals surface area (Å²) in [6.45, 7) is 8.29. The Kier molecular flexibility index (Phi) is 6.44. The largest absolute Gasteiger partial charge is 0.483 e. The summed E-state index contributed by atoms with van der Waals surface area (Å²) < 4.78 is 6.50. The van der Waals surface area contributed by atoms with Crippen molar-refractivity contribution in [3.63, 3.8) is 0 Å². The number of carbonyl (C=O) groups excluding carboxylic acids is 1. The Hall–Kier alpha value is -1.81. The third kappa shape index (κ3) is 5.10. The van der Waals surface area contributed by atoms with Gasteiger partial charge < -0.3 is 10.1 Å². The van der Waals surface area contributed by atoms with Crippen LogP contribution < -0.4 is 10.1 Å². The molecule has 0 heterocycles. The molecule has 0 bridgehead atoms. The van der Waals surface area contributed by atoms with E-state index in [9.17, 15) is 4.79 Å². The molecule has 2 aromatic carbocycles. The molecule has 3 nitrogen and oxygen atoms in total. The van der Waals surface area contributed by atoms with Crippen molar-refractivity contribution >= 4 is 21.8 Å². The zero-order valence-electron chi connectivity index (χ0n) is 14.6. The Morgan fingerprint density at radius 2 is 1.71 bits per heavy atom. The van der Waals surface area contributed by atoms with Gasteiger partial charge in [0.1, 0.15) is 5.75 Å². The van der Waals surface area contributed by atoms with Crippen molar-refractivity contribution in [2.45, 2.75) is 39.7 Å². The third-order valence-electron chi connectivity index (χ3n) is 3.94. The van der Waals surface area contributed by atoms with Gasteiger partial charge in [-0.15, -0.1) is 0 Å². The van der Waals surface area contributed by atoms with E-state index in [4.69, 9.17) is 4.74 Å². The summed E-state index contributed by atoms with van der Waals surface area (Å²) in [4.78, 5) is 12.1. The number of halogens is 1. The lowest BCUT2D eigenvalue weighted by molar-refractivity contribution is -0.123. The van der Waals surface area contributed by atoms with Gasteiger partial charge in [-0.05, 0) is 59.0 Å². The van der Waals surface area contributed by atoms with E-state index in [2.05, 4.69) is 35.1 Å². The van der Waals surface area contributed by atoms with E-state index < -0.39 is 0 Å². The van der Waals surface area contributed by atoms with Crippen molar-refractivity contribution in [1.29, 1.82) is 0 Å². The summed E-state index contributed by atoms with van der Waals surface area (Å²) in [5, 5.41) is 2.96. The van der Waals surface area contributed by atoms with Gasteiger partial charge in [-0.2, -0.15) is 0 Å². The molecule has 1 N–H and O–H groups in total. The highest BCUT2D eigenvalue weighted by Gasteiger charge is 2.11. The average Bonchev–Trinajstić information content (AvgIpc) is 2.54. The maximum atomic E-state index is 12.1. The van der Waals surface area contributed by atoms with Crippen LogP contribution in [0.1, 0.15) is 49.4 Å². The molecule has 24 heavy (non-hydrogen) atoms. The average molecular weight is 390 g/mol. The highest BCUT2D eigenvalue weighted by Crippen LogP contribution is 2.28. The smallest absolute Gasteiger partial charge is 0.258 e. The van der Waals surface area contributed by atoms with Gasteiger partial charge in [0, 0.05) is 0 Å². The van der Waals surface area contributed by atoms with Crippen molar-refractivity contribution in [2.75, 3.05) is 6.61 Å². The van der Waals surface area contributed by atoms with Gasteiger partial charge in [-0.1, -0.05) is 49.7 Å². The van der Waals surface area contributed by atoms with Crippen LogP contribution in [0.25, 0.3) is 0 Å². The third-order valence-corrected chi connectivity index (χ3v) is 4.56. The number of ether oxygens (including phenoxy) is 1. The fourth-order valence-electron chi connectivity index (χ4n) is 2.36. The fourth-order valence-corrected chi connectivity index (χ4v) is 2.87. The molecule has 0 unspecified atom stereocenters. The highest BCUT2D eigenvalue weighted by atomic mass is 79.9. The monoisotopic (exact) mass is 389 g/mol. The lowest BCUT2D eigenvalue weighted by Crippen LogP contribution is -2.31. The molecule has 0 radical (unpaired) electrons. The highest BCUT2D eigenvalue weighted by molar-refractivity contribution is 9.10. The minimum atomic E-state index is -0.136. The van der Waals surface area contributed by atoms with Crippen LogP contribution in [-0.2, 0) is 4.79 Å². The summed E-state index contributed by atoms with van der Waals surface area (Å²) in [5.74, 6) is 0.995. The number of hydrogen-bond donors (Lipinski definition) is 1. The molecule has 0 fully saturated rings. The second-order valence-electron chi connectivity index (χ2n) is 6.33. The molecular weight excluding hydrogens is 366 g/mol. The van der Waals surface area contributed by atoms with Crippen LogP contribution in [0.15, 0.2) is 46.9 Å². The van der Waals surface area contributed by atoms with Gasteiger partial charge in [0.15, 0.2) is 6.61 Å². The molecule has 0 aromatic heterocycles. The molecule has 128 valence electrons. The van der Waals surface area contributed by atoms with Crippen LogP contribution in [-0.4, -0.2) is 12.5 Å². The quantitative estimate of drug-likeness (QED) is 0.742. The zero-order chi connectivity index (χ0) is 17.7. The zero-order valence-corrected chi connectivity index (χ0v) is 16.2. The Morgan fingerprint density at radius 1 is 1.08 bits per heavy atom. The van der Waals surface area contributed by atoms with Gasteiger partial charge in [0.05, 0.1) is 10.5 Å². The van der Waals surface area contributed by atoms with Crippen molar-refractivity contribution in [3.05, 3.63) is 63.6 Å². The minimum Gasteiger partial charge on any atom is -0.483 e. The van der Waals surface area contributed by atoms with Crippen molar-refractivity contribution in [3.8, 4) is 5.75 Å². The molecule has 2 aromatic rings. The van der Waals surface area contributed by atoms with E-state index in [-0.39, 0.29) is 18.6 Å². The number of carbonyl (C=O) groups is 1.